The van der Waals surface area contributed by atoms with E-state index in [1.165, 1.54) is 15.6 Å². The predicted octanol–water partition coefficient (Wildman–Crippen LogP) is 1.95. The lowest BCUT2D eigenvalue weighted by molar-refractivity contribution is -0.121. The Labute approximate surface area is 162 Å². The van der Waals surface area contributed by atoms with E-state index in [4.69, 9.17) is 5.26 Å². The summed E-state index contributed by atoms with van der Waals surface area (Å²) in [5.41, 5.74) is 1.16. The number of sulfonamides is 1. The molecular weight excluding hydrogens is 384 g/mol. The molecule has 1 aromatic heterocycles. The Morgan fingerprint density at radius 1 is 1.19 bits per heavy atom. The van der Waals surface area contributed by atoms with Crippen LogP contribution in [0.5, 0.6) is 0 Å². The lowest BCUT2D eigenvalue weighted by Gasteiger charge is -2.36. The van der Waals surface area contributed by atoms with Crippen molar-refractivity contribution in [3.63, 3.8) is 0 Å². The summed E-state index contributed by atoms with van der Waals surface area (Å²) in [4.78, 5) is 14.5. The number of benzene rings is 1. The number of carbonyl (C=O) groups is 1. The molecule has 1 aliphatic heterocycles. The Bertz CT molecular complexity index is 926. The Morgan fingerprint density at radius 2 is 1.85 bits per heavy atom. The lowest BCUT2D eigenvalue weighted by Crippen LogP contribution is -2.53. The molecule has 0 unspecified atom stereocenters. The molecule has 1 aromatic carbocycles. The van der Waals surface area contributed by atoms with Gasteiger partial charge in [0.2, 0.25) is 5.91 Å². The van der Waals surface area contributed by atoms with Crippen LogP contribution in [0.25, 0.3) is 0 Å². The number of anilines is 1. The number of rotatable bonds is 5. The third-order valence-corrected chi connectivity index (χ3v) is 7.84. The molecule has 9 heteroatoms. The fourth-order valence-corrected chi connectivity index (χ4v) is 5.48. The van der Waals surface area contributed by atoms with Gasteiger partial charge in [-0.25, -0.2) is 8.42 Å². The molecule has 2 heterocycles. The van der Waals surface area contributed by atoms with Gasteiger partial charge in [-0.1, -0.05) is 6.07 Å². The van der Waals surface area contributed by atoms with Gasteiger partial charge in [0.25, 0.3) is 10.0 Å². The van der Waals surface area contributed by atoms with Gasteiger partial charge in [-0.15, -0.1) is 11.3 Å². The van der Waals surface area contributed by atoms with Crippen LogP contribution in [0.4, 0.5) is 5.69 Å². The van der Waals surface area contributed by atoms with E-state index in [9.17, 15) is 13.2 Å². The Hall–Kier alpha value is -2.25. The van der Waals surface area contributed by atoms with Crippen molar-refractivity contribution in [1.29, 1.82) is 5.26 Å². The average molecular weight is 405 g/mol. The number of nitriles is 1. The molecular formula is C18H20N4O3S2. The van der Waals surface area contributed by atoms with Gasteiger partial charge in [0.05, 0.1) is 17.7 Å². The summed E-state index contributed by atoms with van der Waals surface area (Å²) in [6.45, 7) is 3.50. The van der Waals surface area contributed by atoms with Gasteiger partial charge in [0, 0.05) is 31.9 Å². The Kier molecular flexibility index (Phi) is 5.92. The molecule has 1 fully saturated rings. The zero-order valence-electron chi connectivity index (χ0n) is 14.8. The second kappa shape index (κ2) is 8.19. The standard InChI is InChI=1S/C18H20N4O3S2/c1-14(18(23)20-16-6-4-15(13-19)5-7-16)21-8-10-22(11-9-21)27(24,25)17-3-2-12-26-17/h2-7,12,14H,8-11H2,1H3,(H,20,23)/t14-/m1/s1. The van der Waals surface area contributed by atoms with E-state index in [1.807, 2.05) is 17.9 Å². The van der Waals surface area contributed by atoms with Crippen molar-refractivity contribution in [2.24, 2.45) is 0 Å². The highest BCUT2D eigenvalue weighted by molar-refractivity contribution is 7.91. The minimum absolute atomic E-state index is 0.158. The first kappa shape index (κ1) is 19.5. The third kappa shape index (κ3) is 4.36. The first-order valence-corrected chi connectivity index (χ1v) is 10.8. The second-order valence-electron chi connectivity index (χ2n) is 6.23. The Balaban J connectivity index is 1.57. The van der Waals surface area contributed by atoms with Crippen molar-refractivity contribution in [3.8, 4) is 6.07 Å². The van der Waals surface area contributed by atoms with E-state index >= 15 is 0 Å². The first-order chi connectivity index (χ1) is 12.9. The van der Waals surface area contributed by atoms with Gasteiger partial charge in [-0.3, -0.25) is 9.69 Å². The van der Waals surface area contributed by atoms with Crippen LogP contribution < -0.4 is 5.32 Å². The van der Waals surface area contributed by atoms with Gasteiger partial charge in [0.15, 0.2) is 0 Å². The van der Waals surface area contributed by atoms with Gasteiger partial charge < -0.3 is 5.32 Å². The number of nitrogens with one attached hydrogen (secondary N) is 1. The SMILES string of the molecule is C[C@H](C(=O)Nc1ccc(C#N)cc1)N1CCN(S(=O)(=O)c2cccs2)CC1. The molecule has 27 heavy (non-hydrogen) atoms. The van der Waals surface area contributed by atoms with Crippen LogP contribution in [0.1, 0.15) is 12.5 Å². The summed E-state index contributed by atoms with van der Waals surface area (Å²) in [5, 5.41) is 13.4. The highest BCUT2D eigenvalue weighted by atomic mass is 32.2. The van der Waals surface area contributed by atoms with E-state index in [0.29, 0.717) is 41.6 Å². The molecule has 0 aliphatic carbocycles. The predicted molar refractivity (Wildman–Crippen MR) is 104 cm³/mol. The molecule has 7 nitrogen and oxygen atoms in total. The number of piperazine rings is 1. The highest BCUT2D eigenvalue weighted by Crippen LogP contribution is 2.22. The van der Waals surface area contributed by atoms with E-state index in [1.54, 1.807) is 41.8 Å². The number of carbonyl (C=O) groups excluding carboxylic acids is 1. The van der Waals surface area contributed by atoms with E-state index in [0.717, 1.165) is 0 Å². The number of thiophene rings is 1. The fraction of sp³-hybridized carbons (Fsp3) is 0.333. The summed E-state index contributed by atoms with van der Waals surface area (Å²) in [6.07, 6.45) is 0. The summed E-state index contributed by atoms with van der Waals surface area (Å²) in [7, 11) is -3.44. The normalized spacial score (nSPS) is 17.2. The number of hydrogen-bond acceptors (Lipinski definition) is 6. The largest absolute Gasteiger partial charge is 0.325 e. The van der Waals surface area contributed by atoms with Crippen LogP contribution in [-0.2, 0) is 14.8 Å². The van der Waals surface area contributed by atoms with Crippen LogP contribution in [0.3, 0.4) is 0 Å². The van der Waals surface area contributed by atoms with Gasteiger partial charge in [0.1, 0.15) is 4.21 Å². The molecule has 0 spiro atoms. The smallest absolute Gasteiger partial charge is 0.252 e. The van der Waals surface area contributed by atoms with Gasteiger partial charge >= 0.3 is 0 Å². The van der Waals surface area contributed by atoms with E-state index in [-0.39, 0.29) is 11.9 Å². The second-order valence-corrected chi connectivity index (χ2v) is 9.34. The molecule has 2 aromatic rings. The number of hydrogen-bond donors (Lipinski definition) is 1. The van der Waals surface area contributed by atoms with Gasteiger partial charge in [-0.05, 0) is 42.6 Å². The van der Waals surface area contributed by atoms with Crippen LogP contribution in [0, 0.1) is 11.3 Å². The van der Waals surface area contributed by atoms with Crippen LogP contribution in [0.15, 0.2) is 46.0 Å². The zero-order chi connectivity index (χ0) is 19.4. The maximum absolute atomic E-state index is 12.6. The molecule has 1 atom stereocenters. The summed E-state index contributed by atoms with van der Waals surface area (Å²) in [6, 6.07) is 11.7. The van der Waals surface area contributed by atoms with Crippen molar-refractivity contribution >= 4 is 33.0 Å². The molecule has 1 aliphatic rings. The number of nitrogens with zero attached hydrogens (tertiary/aromatic N) is 3. The summed E-state index contributed by atoms with van der Waals surface area (Å²) in [5.74, 6) is -0.158. The topological polar surface area (TPSA) is 93.5 Å². The lowest BCUT2D eigenvalue weighted by atomic mass is 10.2. The molecule has 142 valence electrons. The third-order valence-electron chi connectivity index (χ3n) is 4.57. The zero-order valence-corrected chi connectivity index (χ0v) is 16.5. The van der Waals surface area contributed by atoms with E-state index < -0.39 is 10.0 Å². The summed E-state index contributed by atoms with van der Waals surface area (Å²) >= 11 is 1.21. The number of amides is 1. The van der Waals surface area contributed by atoms with Crippen molar-refractivity contribution in [1.82, 2.24) is 9.21 Å². The molecule has 0 bridgehead atoms. The monoisotopic (exact) mass is 404 g/mol. The van der Waals surface area contributed by atoms with Crippen molar-refractivity contribution in [2.45, 2.75) is 17.2 Å². The van der Waals surface area contributed by atoms with Crippen molar-refractivity contribution < 1.29 is 13.2 Å². The molecule has 1 amide bonds. The van der Waals surface area contributed by atoms with Crippen LogP contribution >= 0.6 is 11.3 Å². The van der Waals surface area contributed by atoms with Gasteiger partial charge in [-0.2, -0.15) is 9.57 Å². The molecule has 3 rings (SSSR count). The van der Waals surface area contributed by atoms with Crippen LogP contribution in [0.2, 0.25) is 0 Å². The Morgan fingerprint density at radius 3 is 2.41 bits per heavy atom. The average Bonchev–Trinajstić information content (AvgIpc) is 3.24. The molecule has 1 N–H and O–H groups in total. The maximum Gasteiger partial charge on any atom is 0.252 e. The minimum Gasteiger partial charge on any atom is -0.325 e. The van der Waals surface area contributed by atoms with Crippen LogP contribution in [-0.4, -0.2) is 55.8 Å². The quantitative estimate of drug-likeness (QED) is 0.822. The van der Waals surface area contributed by atoms with Crippen molar-refractivity contribution in [2.75, 3.05) is 31.5 Å². The van der Waals surface area contributed by atoms with Crippen molar-refractivity contribution in [3.05, 3.63) is 47.3 Å². The fourth-order valence-electron chi connectivity index (χ4n) is 2.91. The minimum atomic E-state index is -3.44. The highest BCUT2D eigenvalue weighted by Gasteiger charge is 2.32. The molecule has 0 saturated carbocycles. The first-order valence-electron chi connectivity index (χ1n) is 8.50. The molecule has 0 radical (unpaired) electrons. The summed E-state index contributed by atoms with van der Waals surface area (Å²) < 4.78 is 27.0. The maximum atomic E-state index is 12.6. The molecule has 1 saturated heterocycles. The van der Waals surface area contributed by atoms with E-state index in [2.05, 4.69) is 5.32 Å².